The topological polar surface area (TPSA) is 9.23 Å². The van der Waals surface area contributed by atoms with Crippen LogP contribution in [0.25, 0.3) is 0 Å². The monoisotopic (exact) mass is 154 g/mol. The van der Waals surface area contributed by atoms with Crippen LogP contribution in [0.5, 0.6) is 0 Å². The van der Waals surface area contributed by atoms with Gasteiger partial charge in [-0.3, -0.25) is 0 Å². The molecule has 0 N–H and O–H groups in total. The molecule has 1 aliphatic heterocycles. The highest BCUT2D eigenvalue weighted by Crippen LogP contribution is 2.56. The summed E-state index contributed by atoms with van der Waals surface area (Å²) < 4.78 is 5.69. The molecule has 2 atom stereocenters. The Morgan fingerprint density at radius 2 is 1.91 bits per heavy atom. The van der Waals surface area contributed by atoms with Crippen LogP contribution in [-0.4, -0.2) is 12.2 Å². The predicted octanol–water partition coefficient (Wildman–Crippen LogP) is 2.60. The van der Waals surface area contributed by atoms with Gasteiger partial charge in [0.1, 0.15) is 0 Å². The van der Waals surface area contributed by atoms with Gasteiger partial charge in [0, 0.05) is 6.42 Å². The summed E-state index contributed by atoms with van der Waals surface area (Å²) >= 11 is 0. The van der Waals surface area contributed by atoms with E-state index in [1.54, 1.807) is 0 Å². The number of ether oxygens (including phenoxy) is 1. The van der Waals surface area contributed by atoms with Crippen molar-refractivity contribution in [1.82, 2.24) is 0 Å². The van der Waals surface area contributed by atoms with Crippen LogP contribution in [-0.2, 0) is 4.74 Å². The van der Waals surface area contributed by atoms with Crippen molar-refractivity contribution in [1.29, 1.82) is 0 Å². The summed E-state index contributed by atoms with van der Waals surface area (Å²) in [6.07, 6.45) is 4.01. The Morgan fingerprint density at radius 1 is 1.27 bits per heavy atom. The molecule has 2 unspecified atom stereocenters. The van der Waals surface area contributed by atoms with Crippen molar-refractivity contribution in [2.45, 2.75) is 45.6 Å². The number of hydrogen-bond acceptors (Lipinski definition) is 1. The maximum absolute atomic E-state index is 5.69. The van der Waals surface area contributed by atoms with E-state index in [1.165, 1.54) is 19.3 Å². The molecule has 0 aromatic rings. The summed E-state index contributed by atoms with van der Waals surface area (Å²) in [5.41, 5.74) is 0.803. The fraction of sp³-hybridized carbons (Fsp3) is 1.00. The SMILES string of the molecule is CC(C)(C)C1CCC12CCO2. The molecule has 0 aromatic carbocycles. The highest BCUT2D eigenvalue weighted by atomic mass is 16.5. The van der Waals surface area contributed by atoms with Crippen molar-refractivity contribution in [3.8, 4) is 0 Å². The molecule has 0 amide bonds. The average molecular weight is 154 g/mol. The molecule has 64 valence electrons. The van der Waals surface area contributed by atoms with E-state index in [9.17, 15) is 0 Å². The van der Waals surface area contributed by atoms with Gasteiger partial charge in [-0.15, -0.1) is 0 Å². The van der Waals surface area contributed by atoms with Gasteiger partial charge in [-0.2, -0.15) is 0 Å². The molecule has 1 heteroatoms. The summed E-state index contributed by atoms with van der Waals surface area (Å²) in [5, 5.41) is 0. The third-order valence-electron chi connectivity index (χ3n) is 3.45. The van der Waals surface area contributed by atoms with E-state index < -0.39 is 0 Å². The van der Waals surface area contributed by atoms with Gasteiger partial charge < -0.3 is 4.74 Å². The van der Waals surface area contributed by atoms with Gasteiger partial charge >= 0.3 is 0 Å². The molecule has 2 fully saturated rings. The normalized spacial score (nSPS) is 43.4. The third kappa shape index (κ3) is 0.936. The zero-order valence-corrected chi connectivity index (χ0v) is 7.81. The second-order valence-corrected chi connectivity index (χ2v) is 5.12. The van der Waals surface area contributed by atoms with E-state index in [1.807, 2.05) is 0 Å². The fourth-order valence-corrected chi connectivity index (χ4v) is 2.67. The molecular weight excluding hydrogens is 136 g/mol. The van der Waals surface area contributed by atoms with Crippen molar-refractivity contribution >= 4 is 0 Å². The highest BCUT2D eigenvalue weighted by molar-refractivity contribution is 5.06. The smallest absolute Gasteiger partial charge is 0.0737 e. The first kappa shape index (κ1) is 7.60. The minimum absolute atomic E-state index is 0.345. The Labute approximate surface area is 69.1 Å². The van der Waals surface area contributed by atoms with Crippen LogP contribution in [0.4, 0.5) is 0 Å². The standard InChI is InChI=1S/C10H18O/c1-9(2,3)8-4-5-10(8)6-7-11-10/h8H,4-7H2,1-3H3. The van der Waals surface area contributed by atoms with Gasteiger partial charge in [0.25, 0.3) is 0 Å². The van der Waals surface area contributed by atoms with Crippen LogP contribution in [0.2, 0.25) is 0 Å². The van der Waals surface area contributed by atoms with E-state index in [2.05, 4.69) is 20.8 Å². The first-order valence-corrected chi connectivity index (χ1v) is 4.69. The van der Waals surface area contributed by atoms with Gasteiger partial charge in [-0.25, -0.2) is 0 Å². The molecule has 0 bridgehead atoms. The lowest BCUT2D eigenvalue weighted by Gasteiger charge is -2.59. The Kier molecular flexibility index (Phi) is 1.39. The number of rotatable bonds is 0. The fourth-order valence-electron chi connectivity index (χ4n) is 2.67. The lowest BCUT2D eigenvalue weighted by atomic mass is 9.56. The minimum Gasteiger partial charge on any atom is -0.374 e. The van der Waals surface area contributed by atoms with Crippen molar-refractivity contribution in [3.05, 3.63) is 0 Å². The van der Waals surface area contributed by atoms with Gasteiger partial charge in [0.2, 0.25) is 0 Å². The van der Waals surface area contributed by atoms with Crippen LogP contribution in [0.3, 0.4) is 0 Å². The van der Waals surface area contributed by atoms with Crippen LogP contribution in [0, 0.1) is 11.3 Å². The lowest BCUT2D eigenvalue weighted by Crippen LogP contribution is -2.60. The predicted molar refractivity (Wildman–Crippen MR) is 45.5 cm³/mol. The molecule has 1 saturated heterocycles. The largest absolute Gasteiger partial charge is 0.374 e. The molecule has 1 spiro atoms. The van der Waals surface area contributed by atoms with Crippen LogP contribution in [0.1, 0.15) is 40.0 Å². The zero-order valence-electron chi connectivity index (χ0n) is 7.81. The highest BCUT2D eigenvalue weighted by Gasteiger charge is 2.56. The van der Waals surface area contributed by atoms with Crippen molar-refractivity contribution in [2.24, 2.45) is 11.3 Å². The Morgan fingerprint density at radius 3 is 2.00 bits per heavy atom. The maximum atomic E-state index is 5.69. The molecule has 1 aliphatic carbocycles. The van der Waals surface area contributed by atoms with Gasteiger partial charge in [-0.05, 0) is 24.2 Å². The summed E-state index contributed by atoms with van der Waals surface area (Å²) in [5.74, 6) is 0.823. The zero-order chi connectivity index (χ0) is 8.11. The van der Waals surface area contributed by atoms with Crippen molar-refractivity contribution < 1.29 is 4.74 Å². The minimum atomic E-state index is 0.345. The Hall–Kier alpha value is -0.0400. The molecule has 1 nitrogen and oxygen atoms in total. The molecule has 1 heterocycles. The van der Waals surface area contributed by atoms with Gasteiger partial charge in [0.05, 0.1) is 12.2 Å². The van der Waals surface area contributed by atoms with E-state index in [0.717, 1.165) is 12.5 Å². The molecule has 11 heavy (non-hydrogen) atoms. The van der Waals surface area contributed by atoms with Crippen molar-refractivity contribution in [3.63, 3.8) is 0 Å². The van der Waals surface area contributed by atoms with Gasteiger partial charge in [-0.1, -0.05) is 20.8 Å². The molecule has 1 saturated carbocycles. The van der Waals surface area contributed by atoms with E-state index >= 15 is 0 Å². The number of hydrogen-bond donors (Lipinski definition) is 0. The molecule has 2 rings (SSSR count). The van der Waals surface area contributed by atoms with Crippen LogP contribution in [0.15, 0.2) is 0 Å². The average Bonchev–Trinajstić information content (AvgIpc) is 1.49. The summed E-state index contributed by atoms with van der Waals surface area (Å²) in [6, 6.07) is 0. The molecular formula is C10H18O. The van der Waals surface area contributed by atoms with Gasteiger partial charge in [0.15, 0.2) is 0 Å². The van der Waals surface area contributed by atoms with E-state index in [4.69, 9.17) is 4.74 Å². The summed E-state index contributed by atoms with van der Waals surface area (Å²) in [7, 11) is 0. The Balaban J connectivity index is 2.06. The summed E-state index contributed by atoms with van der Waals surface area (Å²) in [6.45, 7) is 8.01. The van der Waals surface area contributed by atoms with E-state index in [-0.39, 0.29) is 0 Å². The quantitative estimate of drug-likeness (QED) is 0.521. The summed E-state index contributed by atoms with van der Waals surface area (Å²) in [4.78, 5) is 0. The Bertz CT molecular complexity index is 157. The molecule has 2 aliphatic rings. The van der Waals surface area contributed by atoms with Crippen LogP contribution >= 0.6 is 0 Å². The molecule has 0 radical (unpaired) electrons. The second-order valence-electron chi connectivity index (χ2n) is 5.12. The lowest BCUT2D eigenvalue weighted by molar-refractivity contribution is -0.252. The second kappa shape index (κ2) is 2.01. The third-order valence-corrected chi connectivity index (χ3v) is 3.45. The first-order chi connectivity index (χ1) is 5.05. The maximum Gasteiger partial charge on any atom is 0.0737 e. The molecule has 0 aromatic heterocycles. The first-order valence-electron chi connectivity index (χ1n) is 4.69. The van der Waals surface area contributed by atoms with Crippen LogP contribution < -0.4 is 0 Å². The van der Waals surface area contributed by atoms with Crippen molar-refractivity contribution in [2.75, 3.05) is 6.61 Å². The van der Waals surface area contributed by atoms with E-state index in [0.29, 0.717) is 11.0 Å².